The van der Waals surface area contributed by atoms with Gasteiger partial charge in [-0.15, -0.1) is 0 Å². The van der Waals surface area contributed by atoms with Gasteiger partial charge in [0, 0.05) is 0 Å². The third-order valence-electron chi connectivity index (χ3n) is 5.56. The van der Waals surface area contributed by atoms with Crippen molar-refractivity contribution < 1.29 is 22.1 Å². The highest BCUT2D eigenvalue weighted by Crippen LogP contribution is 2.60. The van der Waals surface area contributed by atoms with Gasteiger partial charge in [0.15, 0.2) is 0 Å². The molecule has 0 heterocycles. The van der Waals surface area contributed by atoms with Gasteiger partial charge in [0.2, 0.25) is 0 Å². The van der Waals surface area contributed by atoms with Crippen LogP contribution in [0.5, 0.6) is 0 Å². The van der Waals surface area contributed by atoms with Crippen LogP contribution in [0.4, 0.5) is 4.39 Å². The van der Waals surface area contributed by atoms with Crippen molar-refractivity contribution in [1.82, 2.24) is 0 Å². The van der Waals surface area contributed by atoms with Gasteiger partial charge < -0.3 is 4.74 Å². The fourth-order valence-corrected chi connectivity index (χ4v) is 5.25. The van der Waals surface area contributed by atoms with Crippen molar-refractivity contribution in [2.75, 3.05) is 6.61 Å². The van der Waals surface area contributed by atoms with E-state index in [-0.39, 0.29) is 0 Å². The predicted molar refractivity (Wildman–Crippen MR) is 72.1 cm³/mol. The molecule has 0 amide bonds. The van der Waals surface area contributed by atoms with Gasteiger partial charge in [-0.1, -0.05) is 13.0 Å². The minimum Gasteiger partial charge on any atom is -0.494 e. The van der Waals surface area contributed by atoms with Crippen LogP contribution in [0.3, 0.4) is 0 Å². The highest BCUT2D eigenvalue weighted by molar-refractivity contribution is 7.86. The van der Waals surface area contributed by atoms with E-state index in [9.17, 15) is 12.8 Å². The van der Waals surface area contributed by atoms with Crippen LogP contribution in [-0.4, -0.2) is 25.1 Å². The zero-order valence-corrected chi connectivity index (χ0v) is 12.2. The van der Waals surface area contributed by atoms with E-state index in [4.69, 9.17) is 9.29 Å². The molecule has 0 aromatic heterocycles. The number of fused-ring (bicyclic) bond motifs is 5. The summed E-state index contributed by atoms with van der Waals surface area (Å²) in [6, 6.07) is 0. The van der Waals surface area contributed by atoms with Crippen molar-refractivity contribution in [1.29, 1.82) is 0 Å². The molecular weight excluding hydrogens is 283 g/mol. The van der Waals surface area contributed by atoms with E-state index >= 15 is 0 Å². The SMILES string of the molecule is C=C(OCC1CC2CC1C1CCCC21)C(F)S(=O)(=O)O. The highest BCUT2D eigenvalue weighted by atomic mass is 32.2. The van der Waals surface area contributed by atoms with Crippen molar-refractivity contribution in [2.45, 2.75) is 37.6 Å². The molecule has 3 fully saturated rings. The van der Waals surface area contributed by atoms with E-state index in [1.54, 1.807) is 0 Å². The molecule has 3 aliphatic rings. The molecule has 0 aliphatic heterocycles. The molecule has 6 unspecified atom stereocenters. The van der Waals surface area contributed by atoms with E-state index < -0.39 is 21.4 Å². The van der Waals surface area contributed by atoms with Gasteiger partial charge in [-0.25, -0.2) is 4.39 Å². The molecule has 2 bridgehead atoms. The quantitative estimate of drug-likeness (QED) is 0.626. The van der Waals surface area contributed by atoms with Crippen molar-refractivity contribution in [3.8, 4) is 0 Å². The zero-order valence-electron chi connectivity index (χ0n) is 11.4. The lowest BCUT2D eigenvalue weighted by Gasteiger charge is -2.31. The van der Waals surface area contributed by atoms with Gasteiger partial charge in [0.05, 0.1) is 6.61 Å². The van der Waals surface area contributed by atoms with Crippen molar-refractivity contribution in [3.05, 3.63) is 12.3 Å². The average molecular weight is 304 g/mol. The van der Waals surface area contributed by atoms with E-state index in [0.29, 0.717) is 18.4 Å². The minimum atomic E-state index is -4.76. The lowest BCUT2D eigenvalue weighted by Crippen LogP contribution is -2.28. The Kier molecular flexibility index (Phi) is 3.57. The van der Waals surface area contributed by atoms with E-state index in [1.807, 2.05) is 0 Å². The molecule has 0 radical (unpaired) electrons. The van der Waals surface area contributed by atoms with Gasteiger partial charge in [-0.3, -0.25) is 4.55 Å². The largest absolute Gasteiger partial charge is 0.494 e. The summed E-state index contributed by atoms with van der Waals surface area (Å²) in [4.78, 5) is 0. The second-order valence-electron chi connectivity index (χ2n) is 6.52. The molecule has 20 heavy (non-hydrogen) atoms. The number of halogens is 1. The second kappa shape index (κ2) is 4.98. The molecular formula is C14H21FO4S. The Balaban J connectivity index is 1.54. The molecule has 0 aromatic rings. The Labute approximate surface area is 119 Å². The van der Waals surface area contributed by atoms with Crippen LogP contribution in [0, 0.1) is 29.6 Å². The smallest absolute Gasteiger partial charge is 0.305 e. The Morgan fingerprint density at radius 3 is 2.70 bits per heavy atom. The summed E-state index contributed by atoms with van der Waals surface area (Å²) in [7, 11) is -4.76. The molecule has 3 aliphatic carbocycles. The maximum absolute atomic E-state index is 13.3. The van der Waals surface area contributed by atoms with Gasteiger partial charge >= 0.3 is 10.1 Å². The topological polar surface area (TPSA) is 63.6 Å². The third kappa shape index (κ3) is 2.37. The molecule has 0 saturated heterocycles. The maximum atomic E-state index is 13.3. The summed E-state index contributed by atoms with van der Waals surface area (Å²) in [6.07, 6.45) is 6.30. The molecule has 3 rings (SSSR count). The minimum absolute atomic E-state index is 0.319. The van der Waals surface area contributed by atoms with Crippen molar-refractivity contribution in [3.63, 3.8) is 0 Å². The first-order valence-corrected chi connectivity index (χ1v) is 8.80. The normalized spacial score (nSPS) is 40.6. The molecule has 6 heteroatoms. The highest BCUT2D eigenvalue weighted by Gasteiger charge is 2.53. The Morgan fingerprint density at radius 2 is 2.00 bits per heavy atom. The predicted octanol–water partition coefficient (Wildman–Crippen LogP) is 2.77. The van der Waals surface area contributed by atoms with Crippen LogP contribution in [0.2, 0.25) is 0 Å². The van der Waals surface area contributed by atoms with E-state index in [0.717, 1.165) is 24.2 Å². The summed E-state index contributed by atoms with van der Waals surface area (Å²) in [5.74, 6) is 2.97. The summed E-state index contributed by atoms with van der Waals surface area (Å²) < 4.78 is 48.5. The Hall–Kier alpha value is -0.620. The molecule has 6 atom stereocenters. The van der Waals surface area contributed by atoms with Crippen LogP contribution in [0.15, 0.2) is 12.3 Å². The lowest BCUT2D eigenvalue weighted by molar-refractivity contribution is 0.0840. The summed E-state index contributed by atoms with van der Waals surface area (Å²) in [6.45, 7) is 3.59. The van der Waals surface area contributed by atoms with Gasteiger partial charge in [0.1, 0.15) is 5.76 Å². The number of alkyl halides is 1. The van der Waals surface area contributed by atoms with Crippen LogP contribution in [-0.2, 0) is 14.9 Å². The van der Waals surface area contributed by atoms with Crippen LogP contribution in [0.1, 0.15) is 32.1 Å². The van der Waals surface area contributed by atoms with Gasteiger partial charge in [-0.2, -0.15) is 8.42 Å². The summed E-state index contributed by atoms with van der Waals surface area (Å²) in [5, 5.41) is 0. The van der Waals surface area contributed by atoms with E-state index in [2.05, 4.69) is 6.58 Å². The molecule has 3 saturated carbocycles. The van der Waals surface area contributed by atoms with Crippen LogP contribution < -0.4 is 0 Å². The molecule has 4 nitrogen and oxygen atoms in total. The lowest BCUT2D eigenvalue weighted by atomic mass is 9.76. The molecule has 114 valence electrons. The molecule has 0 spiro atoms. The van der Waals surface area contributed by atoms with Crippen molar-refractivity contribution >= 4 is 10.1 Å². The summed E-state index contributed by atoms with van der Waals surface area (Å²) in [5.41, 5.74) is -2.54. The number of ether oxygens (including phenoxy) is 1. The van der Waals surface area contributed by atoms with Crippen LogP contribution in [0.25, 0.3) is 0 Å². The van der Waals surface area contributed by atoms with E-state index in [1.165, 1.54) is 25.7 Å². The maximum Gasteiger partial charge on any atom is 0.305 e. The number of rotatable bonds is 5. The number of hydrogen-bond acceptors (Lipinski definition) is 3. The van der Waals surface area contributed by atoms with Crippen LogP contribution >= 0.6 is 0 Å². The Morgan fingerprint density at radius 1 is 1.30 bits per heavy atom. The first-order chi connectivity index (χ1) is 9.38. The molecule has 0 aromatic carbocycles. The Bertz CT molecular complexity index is 503. The first kappa shape index (κ1) is 14.3. The fraction of sp³-hybridized carbons (Fsp3) is 0.857. The zero-order chi connectivity index (χ0) is 14.5. The average Bonchev–Trinajstić information content (AvgIpc) is 3.04. The molecule has 1 N–H and O–H groups in total. The second-order valence-corrected chi connectivity index (χ2v) is 7.97. The fourth-order valence-electron chi connectivity index (χ4n) is 4.85. The van der Waals surface area contributed by atoms with Gasteiger partial charge in [-0.05, 0) is 55.3 Å². The summed E-state index contributed by atoms with van der Waals surface area (Å²) >= 11 is 0. The monoisotopic (exact) mass is 304 g/mol. The standard InChI is InChI=1S/C14H21FO4S/c1-8(14(15)20(16,17)18)19-7-10-5-9-6-13(10)12-4-2-3-11(9)12/h9-14H,1-7H2,(H,16,17,18). The third-order valence-corrected chi connectivity index (χ3v) is 6.35. The van der Waals surface area contributed by atoms with Crippen molar-refractivity contribution in [2.24, 2.45) is 29.6 Å². The first-order valence-electron chi connectivity index (χ1n) is 7.30. The number of hydrogen-bond donors (Lipinski definition) is 1. The van der Waals surface area contributed by atoms with Gasteiger partial charge in [0.25, 0.3) is 5.50 Å².